The van der Waals surface area contributed by atoms with Crippen LogP contribution in [0.5, 0.6) is 0 Å². The van der Waals surface area contributed by atoms with Crippen molar-refractivity contribution in [2.45, 2.75) is 33.2 Å². The summed E-state index contributed by atoms with van der Waals surface area (Å²) in [6.45, 7) is 5.23. The van der Waals surface area contributed by atoms with E-state index in [1.807, 2.05) is 17.1 Å². The van der Waals surface area contributed by atoms with Gasteiger partial charge in [0.25, 0.3) is 0 Å². The maximum atomic E-state index is 10.7. The summed E-state index contributed by atoms with van der Waals surface area (Å²) < 4.78 is 1.94. The van der Waals surface area contributed by atoms with Crippen LogP contribution >= 0.6 is 0 Å². The van der Waals surface area contributed by atoms with Crippen LogP contribution in [0.3, 0.4) is 0 Å². The minimum Gasteiger partial charge on any atom is -0.481 e. The number of carboxylic acids is 1. The largest absolute Gasteiger partial charge is 0.481 e. The lowest BCUT2D eigenvalue weighted by atomic mass is 10.1. The van der Waals surface area contributed by atoms with Crippen LogP contribution in [0.1, 0.15) is 25.8 Å². The fourth-order valence-electron chi connectivity index (χ4n) is 2.06. The van der Waals surface area contributed by atoms with E-state index in [4.69, 9.17) is 5.11 Å². The van der Waals surface area contributed by atoms with Gasteiger partial charge in [0.05, 0.1) is 12.1 Å². The Bertz CT molecular complexity index is 384. The summed E-state index contributed by atoms with van der Waals surface area (Å²) in [6, 6.07) is 0. The Morgan fingerprint density at radius 3 is 3.00 bits per heavy atom. The summed E-state index contributed by atoms with van der Waals surface area (Å²) in [4.78, 5) is 10.7. The summed E-state index contributed by atoms with van der Waals surface area (Å²) in [5.74, 6) is 0.141. The molecule has 0 saturated heterocycles. The van der Waals surface area contributed by atoms with Crippen LogP contribution in [-0.4, -0.2) is 20.9 Å². The number of aliphatic carboxylic acids is 1. The van der Waals surface area contributed by atoms with E-state index in [9.17, 15) is 4.79 Å². The Hall–Kier alpha value is -1.32. The van der Waals surface area contributed by atoms with Gasteiger partial charge in [0.15, 0.2) is 0 Å². The number of hydrogen-bond acceptors (Lipinski definition) is 2. The lowest BCUT2D eigenvalue weighted by Crippen LogP contribution is -2.04. The van der Waals surface area contributed by atoms with Crippen LogP contribution in [0.2, 0.25) is 0 Å². The molecule has 4 nitrogen and oxygen atoms in total. The fourth-order valence-corrected chi connectivity index (χ4v) is 2.06. The van der Waals surface area contributed by atoms with E-state index in [0.717, 1.165) is 24.9 Å². The molecule has 1 heterocycles. The van der Waals surface area contributed by atoms with E-state index in [-0.39, 0.29) is 5.92 Å². The maximum Gasteiger partial charge on any atom is 0.306 e. The Kier molecular flexibility index (Phi) is 2.99. The van der Waals surface area contributed by atoms with Gasteiger partial charge in [0, 0.05) is 12.7 Å². The number of carboxylic acid groups (broad SMARTS) is 1. The fraction of sp³-hybridized carbons (Fsp3) is 0.667. The summed E-state index contributed by atoms with van der Waals surface area (Å²) in [7, 11) is 0. The number of hydrogen-bond donors (Lipinski definition) is 1. The number of aromatic nitrogens is 2. The zero-order valence-electron chi connectivity index (χ0n) is 9.76. The van der Waals surface area contributed by atoms with Crippen molar-refractivity contribution in [1.82, 2.24) is 9.78 Å². The van der Waals surface area contributed by atoms with Gasteiger partial charge in [0.1, 0.15) is 0 Å². The molecule has 1 aromatic rings. The molecule has 0 unspecified atom stereocenters. The van der Waals surface area contributed by atoms with Crippen LogP contribution in [0, 0.1) is 17.8 Å². The standard InChI is InChI=1S/C12H18N2O2/c1-8(2)6-14-7-9(5-13-14)3-10-4-11(10)12(15)16/h5,7-8,10-11H,3-4,6H2,1-2H3,(H,15,16)/t10-,11+/m1/s1. The zero-order valence-corrected chi connectivity index (χ0v) is 9.76. The Labute approximate surface area is 95.3 Å². The highest BCUT2D eigenvalue weighted by molar-refractivity contribution is 5.73. The first kappa shape index (κ1) is 11.2. The summed E-state index contributed by atoms with van der Waals surface area (Å²) >= 11 is 0. The quantitative estimate of drug-likeness (QED) is 0.826. The second kappa shape index (κ2) is 4.28. The highest BCUT2D eigenvalue weighted by Crippen LogP contribution is 2.41. The Morgan fingerprint density at radius 2 is 2.44 bits per heavy atom. The first-order valence-electron chi connectivity index (χ1n) is 5.80. The van der Waals surface area contributed by atoms with Gasteiger partial charge in [-0.1, -0.05) is 13.8 Å². The minimum absolute atomic E-state index is 0.117. The molecule has 0 bridgehead atoms. The molecule has 1 saturated carbocycles. The molecule has 1 aliphatic carbocycles. The van der Waals surface area contributed by atoms with Crippen molar-refractivity contribution in [3.8, 4) is 0 Å². The third kappa shape index (κ3) is 2.62. The van der Waals surface area contributed by atoms with E-state index >= 15 is 0 Å². The molecule has 88 valence electrons. The van der Waals surface area contributed by atoms with Gasteiger partial charge in [-0.2, -0.15) is 5.10 Å². The second-order valence-corrected chi connectivity index (χ2v) is 5.11. The normalized spacial score (nSPS) is 23.7. The number of carbonyl (C=O) groups is 1. The molecule has 0 radical (unpaired) electrons. The molecule has 0 amide bonds. The van der Waals surface area contributed by atoms with Gasteiger partial charge in [0.2, 0.25) is 0 Å². The average Bonchev–Trinajstić information content (AvgIpc) is 2.80. The van der Waals surface area contributed by atoms with Crippen molar-refractivity contribution in [3.05, 3.63) is 18.0 Å². The van der Waals surface area contributed by atoms with Crippen molar-refractivity contribution in [3.63, 3.8) is 0 Å². The maximum absolute atomic E-state index is 10.7. The molecule has 0 aliphatic heterocycles. The van der Waals surface area contributed by atoms with E-state index < -0.39 is 5.97 Å². The van der Waals surface area contributed by atoms with Crippen LogP contribution in [0.15, 0.2) is 12.4 Å². The van der Waals surface area contributed by atoms with Gasteiger partial charge in [-0.25, -0.2) is 0 Å². The molecule has 1 aliphatic rings. The number of nitrogens with zero attached hydrogens (tertiary/aromatic N) is 2. The van der Waals surface area contributed by atoms with Crippen molar-refractivity contribution >= 4 is 5.97 Å². The molecule has 1 fully saturated rings. The van der Waals surface area contributed by atoms with Gasteiger partial charge < -0.3 is 5.11 Å². The Morgan fingerprint density at radius 1 is 1.69 bits per heavy atom. The first-order chi connectivity index (χ1) is 7.56. The molecular weight excluding hydrogens is 204 g/mol. The lowest BCUT2D eigenvalue weighted by Gasteiger charge is -2.03. The van der Waals surface area contributed by atoms with Crippen LogP contribution in [0.4, 0.5) is 0 Å². The van der Waals surface area contributed by atoms with Crippen molar-refractivity contribution in [2.24, 2.45) is 17.8 Å². The van der Waals surface area contributed by atoms with E-state index in [1.54, 1.807) is 0 Å². The molecule has 16 heavy (non-hydrogen) atoms. The smallest absolute Gasteiger partial charge is 0.306 e. The van der Waals surface area contributed by atoms with E-state index in [2.05, 4.69) is 18.9 Å². The average molecular weight is 222 g/mol. The SMILES string of the molecule is CC(C)Cn1cc(C[C@@H]2C[C@@H]2C(=O)O)cn1. The van der Waals surface area contributed by atoms with Crippen LogP contribution < -0.4 is 0 Å². The van der Waals surface area contributed by atoms with Gasteiger partial charge >= 0.3 is 5.97 Å². The molecule has 1 aromatic heterocycles. The highest BCUT2D eigenvalue weighted by atomic mass is 16.4. The molecule has 2 rings (SSSR count). The predicted octanol–water partition coefficient (Wildman–Crippen LogP) is 1.80. The zero-order chi connectivity index (χ0) is 11.7. The van der Waals surface area contributed by atoms with E-state index in [1.165, 1.54) is 0 Å². The third-order valence-electron chi connectivity index (χ3n) is 2.98. The summed E-state index contributed by atoms with van der Waals surface area (Å²) in [5.41, 5.74) is 1.16. The number of rotatable bonds is 5. The van der Waals surface area contributed by atoms with E-state index in [0.29, 0.717) is 11.8 Å². The molecule has 2 atom stereocenters. The monoisotopic (exact) mass is 222 g/mol. The van der Waals surface area contributed by atoms with Crippen LogP contribution in [-0.2, 0) is 17.8 Å². The molecular formula is C12H18N2O2. The van der Waals surface area contributed by atoms with Gasteiger partial charge in [-0.05, 0) is 30.2 Å². The topological polar surface area (TPSA) is 55.1 Å². The van der Waals surface area contributed by atoms with Crippen LogP contribution in [0.25, 0.3) is 0 Å². The minimum atomic E-state index is -0.653. The van der Waals surface area contributed by atoms with Gasteiger partial charge in [-0.3, -0.25) is 9.48 Å². The van der Waals surface area contributed by atoms with Crippen molar-refractivity contribution < 1.29 is 9.90 Å². The predicted molar refractivity (Wildman–Crippen MR) is 60.0 cm³/mol. The molecule has 0 aromatic carbocycles. The summed E-state index contributed by atoms with van der Waals surface area (Å²) in [6.07, 6.45) is 5.58. The van der Waals surface area contributed by atoms with Crippen molar-refractivity contribution in [1.29, 1.82) is 0 Å². The summed E-state index contributed by atoms with van der Waals surface area (Å²) in [5, 5.41) is 13.1. The molecule has 4 heteroatoms. The lowest BCUT2D eigenvalue weighted by molar-refractivity contribution is -0.138. The molecule has 0 spiro atoms. The van der Waals surface area contributed by atoms with Crippen molar-refractivity contribution in [2.75, 3.05) is 0 Å². The first-order valence-corrected chi connectivity index (χ1v) is 5.80. The van der Waals surface area contributed by atoms with Gasteiger partial charge in [-0.15, -0.1) is 0 Å². The second-order valence-electron chi connectivity index (χ2n) is 5.11. The third-order valence-corrected chi connectivity index (χ3v) is 2.98. The Balaban J connectivity index is 1.87. The molecule has 1 N–H and O–H groups in total. The highest BCUT2D eigenvalue weighted by Gasteiger charge is 2.42.